The van der Waals surface area contributed by atoms with E-state index in [9.17, 15) is 4.79 Å². The first-order valence-corrected chi connectivity index (χ1v) is 11.5. The van der Waals surface area contributed by atoms with Crippen LogP contribution in [0.5, 0.6) is 0 Å². The van der Waals surface area contributed by atoms with E-state index >= 15 is 0 Å². The molecule has 1 unspecified atom stereocenters. The van der Waals surface area contributed by atoms with Crippen molar-refractivity contribution in [1.82, 2.24) is 9.88 Å². The molecule has 4 aromatic rings. The first-order valence-electron chi connectivity index (χ1n) is 11.5. The molecule has 4 nitrogen and oxygen atoms in total. The number of nitrogens with zero attached hydrogens (tertiary/aromatic N) is 2. The molecule has 6 rings (SSSR count). The summed E-state index contributed by atoms with van der Waals surface area (Å²) in [5, 5.41) is 1.25. The van der Waals surface area contributed by atoms with Crippen molar-refractivity contribution in [2.45, 2.75) is 11.8 Å². The minimum absolute atomic E-state index is 0.0203. The van der Waals surface area contributed by atoms with Crippen LogP contribution in [0.4, 0.5) is 5.69 Å². The second-order valence-electron chi connectivity index (χ2n) is 8.99. The van der Waals surface area contributed by atoms with Gasteiger partial charge in [-0.15, -0.1) is 0 Å². The summed E-state index contributed by atoms with van der Waals surface area (Å²) < 4.78 is 0. The molecule has 160 valence electrons. The lowest BCUT2D eigenvalue weighted by atomic mass is 9.85. The molecule has 2 aliphatic rings. The summed E-state index contributed by atoms with van der Waals surface area (Å²) in [6.45, 7) is 3.28. The third-order valence-corrected chi connectivity index (χ3v) is 7.34. The van der Waals surface area contributed by atoms with Gasteiger partial charge in [-0.3, -0.25) is 4.79 Å². The van der Waals surface area contributed by atoms with Gasteiger partial charge in [0.2, 0.25) is 5.91 Å². The van der Waals surface area contributed by atoms with E-state index in [2.05, 4.69) is 87.6 Å². The van der Waals surface area contributed by atoms with Gasteiger partial charge in [-0.05, 0) is 35.7 Å². The van der Waals surface area contributed by atoms with Crippen LogP contribution in [-0.2, 0) is 10.2 Å². The molecule has 0 radical (unpaired) electrons. The Balaban J connectivity index is 1.21. The Kier molecular flexibility index (Phi) is 4.53. The molecule has 1 aliphatic heterocycles. The maximum Gasteiger partial charge on any atom is 0.227 e. The lowest BCUT2D eigenvalue weighted by molar-refractivity contribution is -0.133. The van der Waals surface area contributed by atoms with Crippen LogP contribution in [0.2, 0.25) is 0 Å². The number of amides is 1. The summed E-state index contributed by atoms with van der Waals surface area (Å²) in [5.74, 6) is 0.323. The van der Waals surface area contributed by atoms with Gasteiger partial charge in [0.25, 0.3) is 0 Å². The van der Waals surface area contributed by atoms with Gasteiger partial charge in [0.15, 0.2) is 0 Å². The van der Waals surface area contributed by atoms with Crippen molar-refractivity contribution in [3.05, 3.63) is 102 Å². The van der Waals surface area contributed by atoms with Crippen LogP contribution >= 0.6 is 0 Å². The second-order valence-corrected chi connectivity index (χ2v) is 8.99. The summed E-state index contributed by atoms with van der Waals surface area (Å²) in [6, 6.07) is 29.7. The van der Waals surface area contributed by atoms with Gasteiger partial charge in [-0.2, -0.15) is 0 Å². The number of hydrogen-bond donors (Lipinski definition) is 1. The number of aromatic amines is 1. The zero-order valence-electron chi connectivity index (χ0n) is 18.1. The Bertz CT molecular complexity index is 1200. The number of benzene rings is 3. The molecule has 2 heterocycles. The first-order chi connectivity index (χ1) is 15.8. The second kappa shape index (κ2) is 7.56. The van der Waals surface area contributed by atoms with Crippen molar-refractivity contribution >= 4 is 22.5 Å². The monoisotopic (exact) mass is 421 g/mol. The van der Waals surface area contributed by atoms with Gasteiger partial charge in [0.05, 0.1) is 5.92 Å². The van der Waals surface area contributed by atoms with E-state index in [1.54, 1.807) is 0 Å². The van der Waals surface area contributed by atoms with E-state index in [-0.39, 0.29) is 11.3 Å². The number of rotatable bonds is 4. The number of aromatic nitrogens is 1. The Morgan fingerprint density at radius 2 is 1.44 bits per heavy atom. The fourth-order valence-corrected chi connectivity index (χ4v) is 5.57. The van der Waals surface area contributed by atoms with Crippen molar-refractivity contribution in [2.75, 3.05) is 31.1 Å². The Morgan fingerprint density at radius 1 is 0.781 bits per heavy atom. The van der Waals surface area contributed by atoms with E-state index in [1.165, 1.54) is 22.2 Å². The number of nitrogens with one attached hydrogen (secondary N) is 1. The van der Waals surface area contributed by atoms with Crippen LogP contribution in [0.3, 0.4) is 0 Å². The third-order valence-electron chi connectivity index (χ3n) is 7.34. The molecule has 1 saturated heterocycles. The lowest BCUT2D eigenvalue weighted by Crippen LogP contribution is -2.49. The van der Waals surface area contributed by atoms with E-state index in [0.29, 0.717) is 5.91 Å². The number of fused-ring (bicyclic) bond motifs is 1. The summed E-state index contributed by atoms with van der Waals surface area (Å²) in [5.41, 5.74) is 4.73. The summed E-state index contributed by atoms with van der Waals surface area (Å²) >= 11 is 0. The van der Waals surface area contributed by atoms with Crippen molar-refractivity contribution in [3.63, 3.8) is 0 Å². The SMILES string of the molecule is O=C(C1CC1(c1ccccc1)c1ccccc1)N1CCN(c2cccc3[nH]ccc23)CC1. The molecule has 32 heavy (non-hydrogen) atoms. The molecule has 1 amide bonds. The normalized spacial score (nSPS) is 19.8. The number of carbonyl (C=O) groups is 1. The van der Waals surface area contributed by atoms with Crippen LogP contribution in [0.25, 0.3) is 10.9 Å². The average Bonchev–Trinajstić information content (AvgIpc) is 3.45. The highest BCUT2D eigenvalue weighted by Gasteiger charge is 2.61. The van der Waals surface area contributed by atoms with Gasteiger partial charge in [-0.1, -0.05) is 66.7 Å². The molecule has 0 spiro atoms. The number of carbonyl (C=O) groups excluding carboxylic acids is 1. The van der Waals surface area contributed by atoms with E-state index in [0.717, 1.165) is 38.1 Å². The topological polar surface area (TPSA) is 39.3 Å². The summed E-state index contributed by atoms with van der Waals surface area (Å²) in [6.07, 6.45) is 2.89. The largest absolute Gasteiger partial charge is 0.367 e. The van der Waals surface area contributed by atoms with Crippen molar-refractivity contribution in [1.29, 1.82) is 0 Å². The smallest absolute Gasteiger partial charge is 0.227 e. The molecule has 0 bridgehead atoms. The fraction of sp³-hybridized carbons (Fsp3) is 0.250. The molecule has 1 saturated carbocycles. The van der Waals surface area contributed by atoms with Gasteiger partial charge < -0.3 is 14.8 Å². The number of piperazine rings is 1. The minimum atomic E-state index is -0.187. The Morgan fingerprint density at radius 3 is 2.09 bits per heavy atom. The summed E-state index contributed by atoms with van der Waals surface area (Å²) in [7, 11) is 0. The predicted octanol–water partition coefficient (Wildman–Crippen LogP) is 4.82. The van der Waals surface area contributed by atoms with Gasteiger partial charge in [-0.25, -0.2) is 0 Å². The van der Waals surface area contributed by atoms with Crippen molar-refractivity contribution < 1.29 is 4.79 Å². The van der Waals surface area contributed by atoms with Gasteiger partial charge in [0, 0.05) is 54.4 Å². The lowest BCUT2D eigenvalue weighted by Gasteiger charge is -2.37. The molecular weight excluding hydrogens is 394 g/mol. The molecule has 1 atom stereocenters. The van der Waals surface area contributed by atoms with E-state index in [4.69, 9.17) is 0 Å². The van der Waals surface area contributed by atoms with E-state index in [1.807, 2.05) is 18.3 Å². The molecule has 1 aromatic heterocycles. The highest BCUT2D eigenvalue weighted by molar-refractivity contribution is 5.92. The quantitative estimate of drug-likeness (QED) is 0.513. The zero-order chi connectivity index (χ0) is 21.5. The maximum atomic E-state index is 13.6. The zero-order valence-corrected chi connectivity index (χ0v) is 18.1. The van der Waals surface area contributed by atoms with Crippen molar-refractivity contribution in [2.24, 2.45) is 5.92 Å². The molecule has 4 heteroatoms. The van der Waals surface area contributed by atoms with Gasteiger partial charge >= 0.3 is 0 Å². The fourth-order valence-electron chi connectivity index (χ4n) is 5.57. The number of hydrogen-bond acceptors (Lipinski definition) is 2. The molecule has 1 aliphatic carbocycles. The Hall–Kier alpha value is -3.53. The average molecular weight is 422 g/mol. The minimum Gasteiger partial charge on any atom is -0.367 e. The number of H-pyrrole nitrogens is 1. The highest BCUT2D eigenvalue weighted by atomic mass is 16.2. The maximum absolute atomic E-state index is 13.6. The highest BCUT2D eigenvalue weighted by Crippen LogP contribution is 2.59. The molecule has 3 aromatic carbocycles. The molecule has 1 N–H and O–H groups in total. The number of anilines is 1. The van der Waals surface area contributed by atoms with Crippen LogP contribution in [-0.4, -0.2) is 42.0 Å². The standard InChI is InChI=1S/C28H27N3O/c32-27(24-20-28(24,21-8-3-1-4-9-21)22-10-5-2-6-11-22)31-18-16-30(17-19-31)26-13-7-12-25-23(26)14-15-29-25/h1-15,24,29H,16-20H2. The Labute approximate surface area is 188 Å². The third kappa shape index (κ3) is 3.01. The van der Waals surface area contributed by atoms with Gasteiger partial charge in [0.1, 0.15) is 0 Å². The van der Waals surface area contributed by atoms with Crippen LogP contribution in [0.15, 0.2) is 91.1 Å². The predicted molar refractivity (Wildman–Crippen MR) is 129 cm³/mol. The molecule has 2 fully saturated rings. The first kappa shape index (κ1) is 19.2. The molecular formula is C28H27N3O. The van der Waals surface area contributed by atoms with E-state index < -0.39 is 0 Å². The summed E-state index contributed by atoms with van der Waals surface area (Å²) in [4.78, 5) is 21.4. The van der Waals surface area contributed by atoms with Crippen molar-refractivity contribution in [3.8, 4) is 0 Å². The van der Waals surface area contributed by atoms with Crippen LogP contribution in [0, 0.1) is 5.92 Å². The van der Waals surface area contributed by atoms with Crippen LogP contribution in [0.1, 0.15) is 17.5 Å². The van der Waals surface area contributed by atoms with Crippen LogP contribution < -0.4 is 4.90 Å².